The first-order chi connectivity index (χ1) is 6.79. The lowest BCUT2D eigenvalue weighted by atomic mass is 10.2. The smallest absolute Gasteiger partial charge is 0.252 e. The van der Waals surface area contributed by atoms with Crippen LogP contribution in [0.25, 0.3) is 0 Å². The van der Waals surface area contributed by atoms with Crippen LogP contribution >= 0.6 is 0 Å². The Bertz CT molecular complexity index is 385. The van der Waals surface area contributed by atoms with Crippen molar-refractivity contribution < 1.29 is 9.22 Å². The number of anilines is 1. The molecule has 0 fully saturated rings. The van der Waals surface area contributed by atoms with Gasteiger partial charge in [0.15, 0.2) is 0 Å². The second-order valence-electron chi connectivity index (χ2n) is 4.33. The van der Waals surface area contributed by atoms with Crippen molar-refractivity contribution in [1.82, 2.24) is 0 Å². The molecule has 1 aromatic carbocycles. The third-order valence-corrected chi connectivity index (χ3v) is 2.52. The predicted octanol–water partition coefficient (Wildman–Crippen LogP) is 1.58. The van der Waals surface area contributed by atoms with Gasteiger partial charge < -0.3 is 15.9 Å². The number of hydrogen-bond acceptors (Lipinski definition) is 3. The fourth-order valence-corrected chi connectivity index (χ4v) is 1.99. The molecule has 15 heavy (non-hydrogen) atoms. The molecule has 0 bridgehead atoms. The van der Waals surface area contributed by atoms with Gasteiger partial charge >= 0.3 is 0 Å². The van der Waals surface area contributed by atoms with Crippen LogP contribution < -0.4 is 15.9 Å². The second kappa shape index (κ2) is 3.94. The zero-order valence-corrected chi connectivity index (χ0v) is 10.2. The SMILES string of the molecule is C[Si](C)(C)Oc1cc(N)ccc1C(N)=O. The first kappa shape index (κ1) is 11.6. The largest absolute Gasteiger partial charge is 0.544 e. The minimum absolute atomic E-state index is 0.381. The summed E-state index contributed by atoms with van der Waals surface area (Å²) in [7, 11) is -1.76. The number of primary amides is 1. The third-order valence-electron chi connectivity index (χ3n) is 1.69. The summed E-state index contributed by atoms with van der Waals surface area (Å²) in [5, 5.41) is 0. The highest BCUT2D eigenvalue weighted by molar-refractivity contribution is 6.70. The number of carbonyl (C=O) groups is 1. The van der Waals surface area contributed by atoms with Crippen molar-refractivity contribution in [3.05, 3.63) is 23.8 Å². The summed E-state index contributed by atoms with van der Waals surface area (Å²) < 4.78 is 5.73. The van der Waals surface area contributed by atoms with Crippen molar-refractivity contribution in [3.63, 3.8) is 0 Å². The van der Waals surface area contributed by atoms with Crippen LogP contribution in [-0.4, -0.2) is 14.2 Å². The Morgan fingerprint density at radius 3 is 2.40 bits per heavy atom. The highest BCUT2D eigenvalue weighted by atomic mass is 28.4. The summed E-state index contributed by atoms with van der Waals surface area (Å²) in [4.78, 5) is 11.1. The summed E-state index contributed by atoms with van der Waals surface area (Å²) in [5.41, 5.74) is 11.8. The van der Waals surface area contributed by atoms with E-state index < -0.39 is 14.2 Å². The van der Waals surface area contributed by atoms with Crippen LogP contribution in [0.1, 0.15) is 10.4 Å². The van der Waals surface area contributed by atoms with E-state index in [2.05, 4.69) is 0 Å². The van der Waals surface area contributed by atoms with Crippen LogP contribution in [0.3, 0.4) is 0 Å². The Morgan fingerprint density at radius 2 is 1.93 bits per heavy atom. The van der Waals surface area contributed by atoms with E-state index in [1.165, 1.54) is 0 Å². The standard InChI is InChI=1S/C10H16N2O2Si/c1-15(2,3)14-9-6-7(11)4-5-8(9)10(12)13/h4-6H,11H2,1-3H3,(H2,12,13). The molecular weight excluding hydrogens is 208 g/mol. The highest BCUT2D eigenvalue weighted by Crippen LogP contribution is 2.24. The van der Waals surface area contributed by atoms with Gasteiger partial charge in [-0.25, -0.2) is 0 Å². The summed E-state index contributed by atoms with van der Waals surface area (Å²) >= 11 is 0. The zero-order chi connectivity index (χ0) is 11.6. The van der Waals surface area contributed by atoms with Crippen LogP contribution in [0, 0.1) is 0 Å². The van der Waals surface area contributed by atoms with E-state index >= 15 is 0 Å². The quantitative estimate of drug-likeness (QED) is 0.604. The van der Waals surface area contributed by atoms with Crippen LogP contribution in [0.2, 0.25) is 19.6 Å². The molecule has 0 aliphatic rings. The van der Waals surface area contributed by atoms with Gasteiger partial charge in [0, 0.05) is 11.8 Å². The minimum Gasteiger partial charge on any atom is -0.544 e. The molecule has 82 valence electrons. The van der Waals surface area contributed by atoms with Crippen molar-refractivity contribution in [1.29, 1.82) is 0 Å². The number of hydrogen-bond donors (Lipinski definition) is 2. The maximum Gasteiger partial charge on any atom is 0.252 e. The molecule has 4 N–H and O–H groups in total. The number of benzene rings is 1. The maximum absolute atomic E-state index is 11.1. The monoisotopic (exact) mass is 224 g/mol. The number of rotatable bonds is 3. The molecule has 4 nitrogen and oxygen atoms in total. The fraction of sp³-hybridized carbons (Fsp3) is 0.300. The molecule has 0 atom stereocenters. The summed E-state index contributed by atoms with van der Waals surface area (Å²) in [6.45, 7) is 6.09. The van der Waals surface area contributed by atoms with Crippen LogP contribution in [0.15, 0.2) is 18.2 Å². The normalized spacial score (nSPS) is 11.1. The van der Waals surface area contributed by atoms with Gasteiger partial charge in [0.2, 0.25) is 8.32 Å². The molecule has 0 heterocycles. The van der Waals surface area contributed by atoms with E-state index in [0.717, 1.165) is 0 Å². The van der Waals surface area contributed by atoms with Gasteiger partial charge in [0.1, 0.15) is 5.75 Å². The average Bonchev–Trinajstić information content (AvgIpc) is 1.99. The molecule has 1 aromatic rings. The van der Waals surface area contributed by atoms with Gasteiger partial charge in [0.05, 0.1) is 5.56 Å². The van der Waals surface area contributed by atoms with E-state index in [-0.39, 0.29) is 0 Å². The van der Waals surface area contributed by atoms with Gasteiger partial charge in [0.25, 0.3) is 5.91 Å². The Hall–Kier alpha value is -1.49. The van der Waals surface area contributed by atoms with Crippen molar-refractivity contribution in [3.8, 4) is 5.75 Å². The molecule has 0 saturated heterocycles. The van der Waals surface area contributed by atoms with Gasteiger partial charge in [-0.1, -0.05) is 0 Å². The zero-order valence-electron chi connectivity index (χ0n) is 9.20. The summed E-state index contributed by atoms with van der Waals surface area (Å²) in [6, 6.07) is 4.86. The van der Waals surface area contributed by atoms with Crippen molar-refractivity contribution in [2.45, 2.75) is 19.6 Å². The van der Waals surface area contributed by atoms with E-state index in [9.17, 15) is 4.79 Å². The molecule has 0 aliphatic carbocycles. The predicted molar refractivity (Wildman–Crippen MR) is 63.3 cm³/mol. The molecule has 1 amide bonds. The summed E-state index contributed by atoms with van der Waals surface area (Å²) in [5.74, 6) is -0.00934. The lowest BCUT2D eigenvalue weighted by Gasteiger charge is -2.21. The van der Waals surface area contributed by atoms with Gasteiger partial charge in [-0.05, 0) is 31.8 Å². The molecule has 5 heteroatoms. The van der Waals surface area contributed by atoms with Crippen molar-refractivity contribution >= 4 is 19.9 Å². The van der Waals surface area contributed by atoms with Crippen LogP contribution in [0.4, 0.5) is 5.69 Å². The van der Waals surface area contributed by atoms with Crippen LogP contribution in [-0.2, 0) is 0 Å². The number of nitrogens with two attached hydrogens (primary N) is 2. The molecule has 0 unspecified atom stereocenters. The Balaban J connectivity index is 3.13. The minimum atomic E-state index is -1.76. The van der Waals surface area contributed by atoms with E-state index in [1.54, 1.807) is 18.2 Å². The molecule has 0 saturated carbocycles. The number of carbonyl (C=O) groups excluding carboxylic acids is 1. The van der Waals surface area contributed by atoms with Crippen LogP contribution in [0.5, 0.6) is 5.75 Å². The van der Waals surface area contributed by atoms with Gasteiger partial charge in [-0.2, -0.15) is 0 Å². The topological polar surface area (TPSA) is 78.3 Å². The second-order valence-corrected chi connectivity index (χ2v) is 8.76. The average molecular weight is 224 g/mol. The number of nitrogen functional groups attached to an aromatic ring is 1. The van der Waals surface area contributed by atoms with E-state index in [4.69, 9.17) is 15.9 Å². The van der Waals surface area contributed by atoms with Crippen molar-refractivity contribution in [2.24, 2.45) is 5.73 Å². The van der Waals surface area contributed by atoms with Gasteiger partial charge in [-0.3, -0.25) is 4.79 Å². The van der Waals surface area contributed by atoms with Gasteiger partial charge in [-0.15, -0.1) is 0 Å². The summed E-state index contributed by atoms with van der Waals surface area (Å²) in [6.07, 6.45) is 0. The lowest BCUT2D eigenvalue weighted by Crippen LogP contribution is -2.30. The van der Waals surface area contributed by atoms with E-state index in [1.807, 2.05) is 19.6 Å². The Labute approximate surface area is 90.4 Å². The molecule has 0 radical (unpaired) electrons. The van der Waals surface area contributed by atoms with E-state index in [0.29, 0.717) is 17.0 Å². The Morgan fingerprint density at radius 1 is 1.33 bits per heavy atom. The highest BCUT2D eigenvalue weighted by Gasteiger charge is 2.19. The third kappa shape index (κ3) is 3.28. The molecule has 0 aromatic heterocycles. The molecule has 0 aliphatic heterocycles. The lowest BCUT2D eigenvalue weighted by molar-refractivity contribution is 0.0998. The van der Waals surface area contributed by atoms with Crippen molar-refractivity contribution in [2.75, 3.05) is 5.73 Å². The molecule has 0 spiro atoms. The molecule has 1 rings (SSSR count). The molecular formula is C10H16N2O2Si. The Kier molecular flexibility index (Phi) is 3.04. The first-order valence-corrected chi connectivity index (χ1v) is 8.09. The number of amides is 1. The first-order valence-electron chi connectivity index (χ1n) is 4.68. The fourth-order valence-electron chi connectivity index (χ4n) is 1.16. The maximum atomic E-state index is 11.1.